The van der Waals surface area contributed by atoms with Crippen molar-refractivity contribution < 1.29 is 24.5 Å². The Kier molecular flexibility index (Phi) is 2.97. The predicted octanol–water partition coefficient (Wildman–Crippen LogP) is 2.26. The van der Waals surface area contributed by atoms with Crippen molar-refractivity contribution >= 4 is 16.7 Å². The third-order valence-corrected chi connectivity index (χ3v) is 2.73. The van der Waals surface area contributed by atoms with Gasteiger partial charge in [0.05, 0.1) is 19.8 Å². The fourth-order valence-corrected chi connectivity index (χ4v) is 1.82. The quantitative estimate of drug-likeness (QED) is 0.871. The van der Waals surface area contributed by atoms with Crippen LogP contribution in [0.15, 0.2) is 24.3 Å². The zero-order valence-electron chi connectivity index (χ0n) is 9.93. The molecular formula is C13H12O5. The van der Waals surface area contributed by atoms with Gasteiger partial charge in [0, 0.05) is 10.8 Å². The van der Waals surface area contributed by atoms with E-state index in [1.54, 1.807) is 18.2 Å². The Morgan fingerprint density at radius 1 is 1.11 bits per heavy atom. The molecule has 0 spiro atoms. The van der Waals surface area contributed by atoms with E-state index in [9.17, 15) is 15.0 Å². The first-order valence-corrected chi connectivity index (χ1v) is 5.19. The molecule has 0 aromatic heterocycles. The van der Waals surface area contributed by atoms with Crippen molar-refractivity contribution in [3.8, 4) is 17.2 Å². The molecule has 5 heteroatoms. The number of carbonyl (C=O) groups is 1. The lowest BCUT2D eigenvalue weighted by Gasteiger charge is -2.11. The van der Waals surface area contributed by atoms with Crippen molar-refractivity contribution in [3.05, 3.63) is 29.8 Å². The Bertz CT molecular complexity index is 618. The van der Waals surface area contributed by atoms with Gasteiger partial charge in [-0.05, 0) is 24.3 Å². The van der Waals surface area contributed by atoms with Crippen LogP contribution in [0.1, 0.15) is 10.4 Å². The maximum absolute atomic E-state index is 11.2. The lowest BCUT2D eigenvalue weighted by Crippen LogP contribution is -1.99. The summed E-state index contributed by atoms with van der Waals surface area (Å²) in [4.78, 5) is 11.2. The number of methoxy groups -OCH3 is 2. The molecule has 0 saturated heterocycles. The number of fused-ring (bicyclic) bond motifs is 1. The first-order chi connectivity index (χ1) is 8.58. The summed E-state index contributed by atoms with van der Waals surface area (Å²) in [5, 5.41) is 20.0. The van der Waals surface area contributed by atoms with Gasteiger partial charge in [-0.15, -0.1) is 0 Å². The maximum Gasteiger partial charge on any atom is 0.336 e. The van der Waals surface area contributed by atoms with Crippen LogP contribution in [-0.4, -0.2) is 30.4 Å². The molecule has 0 aliphatic heterocycles. The third kappa shape index (κ3) is 1.79. The van der Waals surface area contributed by atoms with E-state index in [0.29, 0.717) is 16.5 Å². The molecule has 0 unspecified atom stereocenters. The van der Waals surface area contributed by atoms with E-state index in [1.807, 2.05) is 0 Å². The molecule has 0 aliphatic rings. The normalized spacial score (nSPS) is 10.3. The van der Waals surface area contributed by atoms with Crippen LogP contribution < -0.4 is 9.47 Å². The molecule has 0 aliphatic carbocycles. The van der Waals surface area contributed by atoms with Gasteiger partial charge in [0.25, 0.3) is 0 Å². The number of phenolic OH excluding ortho intramolecular Hbond substituents is 1. The van der Waals surface area contributed by atoms with Gasteiger partial charge in [-0.2, -0.15) is 0 Å². The van der Waals surface area contributed by atoms with Crippen molar-refractivity contribution in [2.24, 2.45) is 0 Å². The zero-order chi connectivity index (χ0) is 13.3. The predicted molar refractivity (Wildman–Crippen MR) is 65.7 cm³/mol. The van der Waals surface area contributed by atoms with Crippen molar-refractivity contribution in [1.82, 2.24) is 0 Å². The maximum atomic E-state index is 11.2. The van der Waals surface area contributed by atoms with Crippen LogP contribution in [0.2, 0.25) is 0 Å². The Morgan fingerprint density at radius 2 is 1.83 bits per heavy atom. The second kappa shape index (κ2) is 4.44. The summed E-state index contributed by atoms with van der Waals surface area (Å²) in [5.74, 6) is -0.522. The molecule has 0 atom stereocenters. The molecule has 2 N–H and O–H groups in total. The number of aromatic carboxylic acids is 1. The third-order valence-electron chi connectivity index (χ3n) is 2.73. The van der Waals surface area contributed by atoms with Crippen LogP contribution in [0.25, 0.3) is 10.8 Å². The Morgan fingerprint density at radius 3 is 2.39 bits per heavy atom. The highest BCUT2D eigenvalue weighted by molar-refractivity contribution is 6.07. The largest absolute Gasteiger partial charge is 0.504 e. The Labute approximate surface area is 103 Å². The molecule has 5 nitrogen and oxygen atoms in total. The summed E-state index contributed by atoms with van der Waals surface area (Å²) in [6.45, 7) is 0. The van der Waals surface area contributed by atoms with Crippen LogP contribution >= 0.6 is 0 Å². The molecule has 2 rings (SSSR count). The number of aromatic hydroxyl groups is 1. The summed E-state index contributed by atoms with van der Waals surface area (Å²) in [7, 11) is 2.86. The van der Waals surface area contributed by atoms with Gasteiger partial charge in [0.15, 0.2) is 11.5 Å². The van der Waals surface area contributed by atoms with Gasteiger partial charge in [-0.3, -0.25) is 0 Å². The van der Waals surface area contributed by atoms with E-state index in [2.05, 4.69) is 0 Å². The molecular weight excluding hydrogens is 236 g/mol. The molecule has 94 valence electrons. The summed E-state index contributed by atoms with van der Waals surface area (Å²) in [6, 6.07) is 6.10. The highest BCUT2D eigenvalue weighted by Crippen LogP contribution is 2.38. The van der Waals surface area contributed by atoms with Crippen LogP contribution in [-0.2, 0) is 0 Å². The van der Waals surface area contributed by atoms with Gasteiger partial charge in [0.2, 0.25) is 0 Å². The molecule has 0 bridgehead atoms. The number of carboxylic acids is 1. The fraction of sp³-hybridized carbons (Fsp3) is 0.154. The Hall–Kier alpha value is -2.43. The number of rotatable bonds is 3. The van der Waals surface area contributed by atoms with Gasteiger partial charge in [0.1, 0.15) is 5.75 Å². The average molecular weight is 248 g/mol. The lowest BCUT2D eigenvalue weighted by atomic mass is 10.0. The highest BCUT2D eigenvalue weighted by Gasteiger charge is 2.16. The van der Waals surface area contributed by atoms with Crippen LogP contribution in [0.5, 0.6) is 17.2 Å². The smallest absolute Gasteiger partial charge is 0.336 e. The van der Waals surface area contributed by atoms with Crippen LogP contribution in [0.4, 0.5) is 0 Å². The van der Waals surface area contributed by atoms with E-state index in [0.717, 1.165) is 0 Å². The minimum atomic E-state index is -1.09. The van der Waals surface area contributed by atoms with Crippen LogP contribution in [0, 0.1) is 0 Å². The SMILES string of the molecule is COc1ccc2c(O)c(OC)cc(C(=O)O)c2c1. The topological polar surface area (TPSA) is 76.0 Å². The monoisotopic (exact) mass is 248 g/mol. The zero-order valence-corrected chi connectivity index (χ0v) is 9.93. The number of phenols is 1. The number of hydrogen-bond donors (Lipinski definition) is 2. The first-order valence-electron chi connectivity index (χ1n) is 5.19. The van der Waals surface area contributed by atoms with Gasteiger partial charge < -0.3 is 19.7 Å². The standard InChI is InChI=1S/C13H12O5/c1-17-7-3-4-8-9(5-7)10(13(15)16)6-11(18-2)12(8)14/h3-6,14H,1-2H3,(H,15,16). The van der Waals surface area contributed by atoms with E-state index in [4.69, 9.17) is 9.47 Å². The van der Waals surface area contributed by atoms with Gasteiger partial charge >= 0.3 is 5.97 Å². The van der Waals surface area contributed by atoms with Crippen LogP contribution in [0.3, 0.4) is 0 Å². The van der Waals surface area contributed by atoms with E-state index < -0.39 is 5.97 Å². The molecule has 0 saturated carbocycles. The molecule has 0 amide bonds. The second-order valence-electron chi connectivity index (χ2n) is 3.69. The molecule has 0 fully saturated rings. The first kappa shape index (κ1) is 12.0. The number of carboxylic acid groups (broad SMARTS) is 1. The minimum absolute atomic E-state index is 0.0542. The number of benzene rings is 2. The summed E-state index contributed by atoms with van der Waals surface area (Å²) < 4.78 is 10.0. The molecule has 2 aromatic carbocycles. The van der Waals surface area contributed by atoms with Gasteiger partial charge in [-0.25, -0.2) is 4.79 Å². The number of hydrogen-bond acceptors (Lipinski definition) is 4. The Balaban J connectivity index is 2.87. The second-order valence-corrected chi connectivity index (χ2v) is 3.69. The molecule has 0 heterocycles. The van der Waals surface area contributed by atoms with Gasteiger partial charge in [-0.1, -0.05) is 0 Å². The summed E-state index contributed by atoms with van der Waals surface area (Å²) >= 11 is 0. The highest BCUT2D eigenvalue weighted by atomic mass is 16.5. The average Bonchev–Trinajstić information content (AvgIpc) is 2.38. The van der Waals surface area contributed by atoms with Crippen molar-refractivity contribution in [1.29, 1.82) is 0 Å². The fourth-order valence-electron chi connectivity index (χ4n) is 1.82. The lowest BCUT2D eigenvalue weighted by molar-refractivity contribution is 0.0698. The van der Waals surface area contributed by atoms with Crippen molar-refractivity contribution in [2.75, 3.05) is 14.2 Å². The van der Waals surface area contributed by atoms with E-state index in [1.165, 1.54) is 20.3 Å². The number of ether oxygens (including phenoxy) is 2. The molecule has 18 heavy (non-hydrogen) atoms. The summed E-state index contributed by atoms with van der Waals surface area (Å²) in [5.41, 5.74) is 0.0542. The van der Waals surface area contributed by atoms with E-state index in [-0.39, 0.29) is 17.1 Å². The van der Waals surface area contributed by atoms with Crippen molar-refractivity contribution in [2.45, 2.75) is 0 Å². The van der Waals surface area contributed by atoms with Crippen molar-refractivity contribution in [3.63, 3.8) is 0 Å². The summed E-state index contributed by atoms with van der Waals surface area (Å²) in [6.07, 6.45) is 0. The molecule has 2 aromatic rings. The van der Waals surface area contributed by atoms with E-state index >= 15 is 0 Å². The molecule has 0 radical (unpaired) electrons. The minimum Gasteiger partial charge on any atom is -0.504 e.